The second-order valence-corrected chi connectivity index (χ2v) is 5.46. The molecule has 1 aliphatic rings. The molecule has 0 aromatic carbocycles. The summed E-state index contributed by atoms with van der Waals surface area (Å²) in [5.41, 5.74) is 7.60. The lowest BCUT2D eigenvalue weighted by Crippen LogP contribution is -2.47. The molecule has 6 heteroatoms. The Labute approximate surface area is 125 Å². The summed E-state index contributed by atoms with van der Waals surface area (Å²) in [5, 5.41) is 0. The molecule has 2 heterocycles. The molecule has 0 bridgehead atoms. The van der Waals surface area contributed by atoms with E-state index >= 15 is 0 Å². The molecule has 21 heavy (non-hydrogen) atoms. The van der Waals surface area contributed by atoms with E-state index in [0.29, 0.717) is 23.7 Å². The van der Waals surface area contributed by atoms with E-state index in [0.717, 1.165) is 6.42 Å². The molecular weight excluding hydrogens is 270 g/mol. The van der Waals surface area contributed by atoms with Crippen molar-refractivity contribution in [2.24, 2.45) is 5.73 Å². The van der Waals surface area contributed by atoms with Gasteiger partial charge in [-0.15, -0.1) is 0 Å². The minimum Gasteiger partial charge on any atom is -0.481 e. The number of hydrogen-bond donors (Lipinski definition) is 1. The lowest BCUT2D eigenvalue weighted by Gasteiger charge is -2.38. The zero-order valence-corrected chi connectivity index (χ0v) is 13.0. The van der Waals surface area contributed by atoms with Gasteiger partial charge in [0.15, 0.2) is 0 Å². The van der Waals surface area contributed by atoms with E-state index in [9.17, 15) is 4.79 Å². The minimum absolute atomic E-state index is 0.0222. The topological polar surface area (TPSA) is 77.7 Å². The van der Waals surface area contributed by atoms with Gasteiger partial charge in [0.1, 0.15) is 0 Å². The van der Waals surface area contributed by atoms with Gasteiger partial charge in [-0.1, -0.05) is 6.92 Å². The molecule has 1 aromatic heterocycles. The third-order valence-corrected chi connectivity index (χ3v) is 3.59. The predicted molar refractivity (Wildman–Crippen MR) is 80.5 cm³/mol. The van der Waals surface area contributed by atoms with Crippen molar-refractivity contribution in [1.82, 2.24) is 4.98 Å². The van der Waals surface area contributed by atoms with Gasteiger partial charge in [0.05, 0.1) is 30.6 Å². The van der Waals surface area contributed by atoms with Gasteiger partial charge in [-0.2, -0.15) is 0 Å². The molecule has 6 nitrogen and oxygen atoms in total. The zero-order valence-electron chi connectivity index (χ0n) is 13.0. The Bertz CT molecular complexity index is 519. The molecule has 0 saturated carbocycles. The van der Waals surface area contributed by atoms with Gasteiger partial charge in [-0.05, 0) is 32.8 Å². The normalized spacial score (nSPS) is 21.1. The Morgan fingerprint density at radius 1 is 1.52 bits per heavy atom. The van der Waals surface area contributed by atoms with Gasteiger partial charge < -0.3 is 15.2 Å². The number of anilines is 1. The fourth-order valence-corrected chi connectivity index (χ4v) is 2.60. The highest BCUT2D eigenvalue weighted by Crippen LogP contribution is 2.37. The summed E-state index contributed by atoms with van der Waals surface area (Å²) in [6, 6.07) is 3.38. The third-order valence-electron chi connectivity index (χ3n) is 3.59. The maximum atomic E-state index is 12.4. The molecule has 2 N–H and O–H groups in total. The molecule has 0 saturated heterocycles. The SMILES string of the molecule is CC[C@@H]1C[C@H](N)c2nc(OC)ccc2N1C(=O)OC(C)C. The van der Waals surface area contributed by atoms with Crippen LogP contribution in [-0.4, -0.2) is 30.3 Å². The first kappa shape index (κ1) is 15.6. The number of carbonyl (C=O) groups is 1. The second-order valence-electron chi connectivity index (χ2n) is 5.46. The van der Waals surface area contributed by atoms with E-state index in [1.165, 1.54) is 0 Å². The predicted octanol–water partition coefficient (Wildman–Crippen LogP) is 2.62. The van der Waals surface area contributed by atoms with Crippen LogP contribution in [0.15, 0.2) is 12.1 Å². The number of fused-ring (bicyclic) bond motifs is 1. The van der Waals surface area contributed by atoms with Crippen LogP contribution in [0.5, 0.6) is 5.88 Å². The molecule has 0 fully saturated rings. The maximum Gasteiger partial charge on any atom is 0.414 e. The molecule has 0 unspecified atom stereocenters. The lowest BCUT2D eigenvalue weighted by atomic mass is 9.94. The molecule has 1 aliphatic heterocycles. The van der Waals surface area contributed by atoms with Crippen molar-refractivity contribution in [3.63, 3.8) is 0 Å². The van der Waals surface area contributed by atoms with E-state index < -0.39 is 0 Å². The largest absolute Gasteiger partial charge is 0.481 e. The molecule has 2 rings (SSSR count). The fraction of sp³-hybridized carbons (Fsp3) is 0.600. The van der Waals surface area contributed by atoms with Crippen molar-refractivity contribution in [3.8, 4) is 5.88 Å². The van der Waals surface area contributed by atoms with Crippen molar-refractivity contribution in [2.75, 3.05) is 12.0 Å². The van der Waals surface area contributed by atoms with Crippen LogP contribution in [0.1, 0.15) is 45.3 Å². The molecule has 1 aromatic rings. The van der Waals surface area contributed by atoms with E-state index in [1.807, 2.05) is 26.8 Å². The number of nitrogens with two attached hydrogens (primary N) is 1. The first-order chi connectivity index (χ1) is 9.97. The summed E-state index contributed by atoms with van der Waals surface area (Å²) in [7, 11) is 1.56. The van der Waals surface area contributed by atoms with Gasteiger partial charge in [0, 0.05) is 12.1 Å². The van der Waals surface area contributed by atoms with E-state index in [-0.39, 0.29) is 24.3 Å². The maximum absolute atomic E-state index is 12.4. The van der Waals surface area contributed by atoms with Crippen molar-refractivity contribution in [1.29, 1.82) is 0 Å². The lowest BCUT2D eigenvalue weighted by molar-refractivity contribution is 0.119. The second kappa shape index (κ2) is 6.30. The quantitative estimate of drug-likeness (QED) is 0.927. The van der Waals surface area contributed by atoms with Gasteiger partial charge in [-0.3, -0.25) is 4.90 Å². The number of nitrogens with zero attached hydrogens (tertiary/aromatic N) is 2. The zero-order chi connectivity index (χ0) is 15.6. The highest BCUT2D eigenvalue weighted by molar-refractivity contribution is 5.90. The number of hydrogen-bond acceptors (Lipinski definition) is 5. The van der Waals surface area contributed by atoms with Crippen LogP contribution in [0.4, 0.5) is 10.5 Å². The average molecular weight is 293 g/mol. The Kier molecular flexibility index (Phi) is 4.67. The van der Waals surface area contributed by atoms with E-state index in [1.54, 1.807) is 18.1 Å². The number of carbonyl (C=O) groups excluding carboxylic acids is 1. The van der Waals surface area contributed by atoms with Crippen LogP contribution in [0.3, 0.4) is 0 Å². The van der Waals surface area contributed by atoms with Crippen LogP contribution in [0.2, 0.25) is 0 Å². The number of rotatable bonds is 3. The van der Waals surface area contributed by atoms with Crippen molar-refractivity contribution >= 4 is 11.8 Å². The number of pyridine rings is 1. The van der Waals surface area contributed by atoms with E-state index in [2.05, 4.69) is 4.98 Å². The first-order valence-corrected chi connectivity index (χ1v) is 7.28. The molecule has 0 spiro atoms. The molecule has 116 valence electrons. The van der Waals surface area contributed by atoms with Gasteiger partial charge in [0.25, 0.3) is 0 Å². The van der Waals surface area contributed by atoms with Crippen LogP contribution in [-0.2, 0) is 4.74 Å². The Balaban J connectivity index is 2.42. The molecule has 0 aliphatic carbocycles. The average Bonchev–Trinajstić information content (AvgIpc) is 2.45. The van der Waals surface area contributed by atoms with E-state index in [4.69, 9.17) is 15.2 Å². The van der Waals surface area contributed by atoms with Crippen LogP contribution in [0, 0.1) is 0 Å². The monoisotopic (exact) mass is 293 g/mol. The minimum atomic E-state index is -0.350. The summed E-state index contributed by atoms with van der Waals surface area (Å²) >= 11 is 0. The highest BCUT2D eigenvalue weighted by atomic mass is 16.6. The molecular formula is C15H23N3O3. The Morgan fingerprint density at radius 2 is 2.24 bits per heavy atom. The smallest absolute Gasteiger partial charge is 0.414 e. The van der Waals surface area contributed by atoms with Crippen LogP contribution < -0.4 is 15.4 Å². The van der Waals surface area contributed by atoms with Crippen LogP contribution >= 0.6 is 0 Å². The summed E-state index contributed by atoms with van der Waals surface area (Å²) in [6.07, 6.45) is 0.959. The number of amides is 1. The summed E-state index contributed by atoms with van der Waals surface area (Å²) in [6.45, 7) is 5.71. The molecule has 1 amide bonds. The fourth-order valence-electron chi connectivity index (χ4n) is 2.60. The standard InChI is InChI=1S/C15H23N3O3/c1-5-10-8-11(16)14-12(6-7-13(17-14)20-4)18(10)15(19)21-9(2)3/h6-7,9-11H,5,8,16H2,1-4H3/t10-,11+/m1/s1. The first-order valence-electron chi connectivity index (χ1n) is 7.28. The summed E-state index contributed by atoms with van der Waals surface area (Å²) in [4.78, 5) is 18.5. The van der Waals surface area contributed by atoms with Crippen molar-refractivity contribution < 1.29 is 14.3 Å². The van der Waals surface area contributed by atoms with Gasteiger partial charge in [0.2, 0.25) is 5.88 Å². The summed E-state index contributed by atoms with van der Waals surface area (Å²) in [5.74, 6) is 0.497. The summed E-state index contributed by atoms with van der Waals surface area (Å²) < 4.78 is 10.5. The molecule has 0 radical (unpaired) electrons. The molecule has 2 atom stereocenters. The number of ether oxygens (including phenoxy) is 2. The number of aromatic nitrogens is 1. The van der Waals surface area contributed by atoms with Crippen LogP contribution in [0.25, 0.3) is 0 Å². The third kappa shape index (κ3) is 3.10. The highest BCUT2D eigenvalue weighted by Gasteiger charge is 2.36. The van der Waals surface area contributed by atoms with Gasteiger partial charge >= 0.3 is 6.09 Å². The Morgan fingerprint density at radius 3 is 2.81 bits per heavy atom. The number of methoxy groups -OCH3 is 1. The van der Waals surface area contributed by atoms with Crippen molar-refractivity contribution in [2.45, 2.75) is 51.8 Å². The van der Waals surface area contributed by atoms with Gasteiger partial charge in [-0.25, -0.2) is 9.78 Å². The Hall–Kier alpha value is -1.82. The van der Waals surface area contributed by atoms with Crippen molar-refractivity contribution in [3.05, 3.63) is 17.8 Å².